The first-order valence-electron chi connectivity index (χ1n) is 10.1. The summed E-state index contributed by atoms with van der Waals surface area (Å²) < 4.78 is 5.92. The fourth-order valence-electron chi connectivity index (χ4n) is 3.65. The standard InChI is InChI=1S/C19H36N4O2.HI/c1-20-19(21-13-7-15-25-17-10-3-2-4-11-17)22-14-12-18(24)23-16-8-5-6-9-16;/h16-17H,2-15H2,1H3,(H,23,24)(H2,20,21,22);1H. The number of carbonyl (C=O) groups excluding carboxylic acids is 1. The number of aliphatic imine (C=N–C) groups is 1. The van der Waals surface area contributed by atoms with Gasteiger partial charge in [-0.15, -0.1) is 24.0 Å². The molecule has 0 bridgehead atoms. The first-order valence-corrected chi connectivity index (χ1v) is 10.1. The van der Waals surface area contributed by atoms with Crippen LogP contribution in [0.4, 0.5) is 0 Å². The highest BCUT2D eigenvalue weighted by Crippen LogP contribution is 2.20. The van der Waals surface area contributed by atoms with Crippen molar-refractivity contribution in [2.24, 2.45) is 4.99 Å². The van der Waals surface area contributed by atoms with Crippen molar-refractivity contribution in [3.05, 3.63) is 0 Å². The molecule has 0 radical (unpaired) electrons. The number of ether oxygens (including phenoxy) is 1. The van der Waals surface area contributed by atoms with Gasteiger partial charge in [0.2, 0.25) is 5.91 Å². The molecule has 26 heavy (non-hydrogen) atoms. The minimum absolute atomic E-state index is 0. The molecule has 0 aromatic carbocycles. The van der Waals surface area contributed by atoms with Gasteiger partial charge in [-0.3, -0.25) is 9.79 Å². The highest BCUT2D eigenvalue weighted by molar-refractivity contribution is 14.0. The van der Waals surface area contributed by atoms with Crippen LogP contribution in [0, 0.1) is 0 Å². The van der Waals surface area contributed by atoms with Crippen LogP contribution < -0.4 is 16.0 Å². The molecular weight excluding hydrogens is 443 g/mol. The van der Waals surface area contributed by atoms with Gasteiger partial charge < -0.3 is 20.7 Å². The maximum Gasteiger partial charge on any atom is 0.221 e. The lowest BCUT2D eigenvalue weighted by Gasteiger charge is -2.22. The smallest absolute Gasteiger partial charge is 0.221 e. The molecule has 7 heteroatoms. The monoisotopic (exact) mass is 480 g/mol. The lowest BCUT2D eigenvalue weighted by Crippen LogP contribution is -2.41. The van der Waals surface area contributed by atoms with Crippen molar-refractivity contribution in [2.75, 3.05) is 26.7 Å². The topological polar surface area (TPSA) is 74.8 Å². The fourth-order valence-corrected chi connectivity index (χ4v) is 3.65. The molecule has 1 amide bonds. The number of amides is 1. The average Bonchev–Trinajstić information content (AvgIpc) is 3.13. The Labute approximate surface area is 175 Å². The summed E-state index contributed by atoms with van der Waals surface area (Å²) in [5, 5.41) is 9.59. The van der Waals surface area contributed by atoms with E-state index in [2.05, 4.69) is 20.9 Å². The van der Waals surface area contributed by atoms with Gasteiger partial charge in [-0.1, -0.05) is 32.1 Å². The minimum Gasteiger partial charge on any atom is -0.378 e. The Morgan fingerprint density at radius 3 is 2.35 bits per heavy atom. The first-order chi connectivity index (χ1) is 12.3. The lowest BCUT2D eigenvalue weighted by molar-refractivity contribution is -0.121. The number of carbonyl (C=O) groups is 1. The van der Waals surface area contributed by atoms with Gasteiger partial charge >= 0.3 is 0 Å². The third kappa shape index (κ3) is 9.94. The van der Waals surface area contributed by atoms with E-state index in [1.807, 2.05) is 0 Å². The molecular formula is C19H37IN4O2. The van der Waals surface area contributed by atoms with Crippen LogP contribution in [0.3, 0.4) is 0 Å². The fraction of sp³-hybridized carbons (Fsp3) is 0.895. The lowest BCUT2D eigenvalue weighted by atomic mass is 9.98. The van der Waals surface area contributed by atoms with Gasteiger partial charge in [-0.2, -0.15) is 0 Å². The highest BCUT2D eigenvalue weighted by Gasteiger charge is 2.16. The van der Waals surface area contributed by atoms with Crippen LogP contribution in [0.25, 0.3) is 0 Å². The molecule has 152 valence electrons. The van der Waals surface area contributed by atoms with E-state index in [-0.39, 0.29) is 29.9 Å². The second-order valence-corrected chi connectivity index (χ2v) is 7.21. The van der Waals surface area contributed by atoms with E-state index in [1.165, 1.54) is 44.9 Å². The molecule has 2 aliphatic carbocycles. The molecule has 3 N–H and O–H groups in total. The first kappa shape index (κ1) is 23.5. The summed E-state index contributed by atoms with van der Waals surface area (Å²) in [7, 11) is 1.76. The SMILES string of the molecule is CN=C(NCCCOC1CCCCC1)NCCC(=O)NC1CCCC1.I. The molecule has 2 aliphatic rings. The maximum atomic E-state index is 11.9. The van der Waals surface area contributed by atoms with Gasteiger partial charge in [-0.25, -0.2) is 0 Å². The summed E-state index contributed by atoms with van der Waals surface area (Å²) in [4.78, 5) is 16.1. The number of rotatable bonds is 9. The Hall–Kier alpha value is -0.570. The molecule has 6 nitrogen and oxygen atoms in total. The summed E-state index contributed by atoms with van der Waals surface area (Å²) >= 11 is 0. The van der Waals surface area contributed by atoms with Crippen molar-refractivity contribution in [1.82, 2.24) is 16.0 Å². The van der Waals surface area contributed by atoms with Crippen molar-refractivity contribution >= 4 is 35.8 Å². The van der Waals surface area contributed by atoms with Gasteiger partial charge in [0.1, 0.15) is 0 Å². The normalized spacial score (nSPS) is 19.0. The molecule has 0 spiro atoms. The number of hydrogen-bond donors (Lipinski definition) is 3. The zero-order valence-electron chi connectivity index (χ0n) is 16.2. The Bertz CT molecular complexity index is 408. The molecule has 0 aromatic rings. The van der Waals surface area contributed by atoms with E-state index in [4.69, 9.17) is 4.74 Å². The van der Waals surface area contributed by atoms with Crippen LogP contribution in [0.5, 0.6) is 0 Å². The Balaban J connectivity index is 0.00000338. The van der Waals surface area contributed by atoms with Crippen molar-refractivity contribution in [3.63, 3.8) is 0 Å². The van der Waals surface area contributed by atoms with Gasteiger partial charge in [-0.05, 0) is 32.1 Å². The molecule has 0 atom stereocenters. The van der Waals surface area contributed by atoms with Crippen LogP contribution in [-0.2, 0) is 9.53 Å². The molecule has 0 saturated heterocycles. The van der Waals surface area contributed by atoms with Crippen LogP contribution >= 0.6 is 24.0 Å². The van der Waals surface area contributed by atoms with Crippen LogP contribution in [0.15, 0.2) is 4.99 Å². The second kappa shape index (κ2) is 14.5. The Morgan fingerprint density at radius 2 is 1.65 bits per heavy atom. The number of nitrogens with zero attached hydrogens (tertiary/aromatic N) is 1. The number of halogens is 1. The number of guanidine groups is 1. The molecule has 0 aromatic heterocycles. The van der Waals surface area contributed by atoms with Gasteiger partial charge in [0.25, 0.3) is 0 Å². The predicted molar refractivity (Wildman–Crippen MR) is 117 cm³/mol. The Kier molecular flexibility index (Phi) is 13.1. The third-order valence-corrected chi connectivity index (χ3v) is 5.11. The van der Waals surface area contributed by atoms with E-state index >= 15 is 0 Å². The average molecular weight is 480 g/mol. The van der Waals surface area contributed by atoms with Crippen LogP contribution in [-0.4, -0.2) is 50.8 Å². The molecule has 0 aliphatic heterocycles. The van der Waals surface area contributed by atoms with Crippen molar-refractivity contribution in [2.45, 2.75) is 82.8 Å². The molecule has 0 unspecified atom stereocenters. The highest BCUT2D eigenvalue weighted by atomic mass is 127. The summed E-state index contributed by atoms with van der Waals surface area (Å²) in [5.74, 6) is 0.891. The molecule has 0 heterocycles. The third-order valence-electron chi connectivity index (χ3n) is 5.11. The van der Waals surface area contributed by atoms with E-state index in [9.17, 15) is 4.79 Å². The minimum atomic E-state index is 0. The van der Waals surface area contributed by atoms with E-state index in [1.54, 1.807) is 7.05 Å². The van der Waals surface area contributed by atoms with E-state index < -0.39 is 0 Å². The van der Waals surface area contributed by atoms with Crippen molar-refractivity contribution < 1.29 is 9.53 Å². The largest absolute Gasteiger partial charge is 0.378 e. The molecule has 2 saturated carbocycles. The van der Waals surface area contributed by atoms with Gasteiger partial charge in [0.05, 0.1) is 6.10 Å². The van der Waals surface area contributed by atoms with Crippen LogP contribution in [0.2, 0.25) is 0 Å². The van der Waals surface area contributed by atoms with Gasteiger partial charge in [0.15, 0.2) is 5.96 Å². The van der Waals surface area contributed by atoms with Gasteiger partial charge in [0, 0.05) is 39.2 Å². The maximum absolute atomic E-state index is 11.9. The van der Waals surface area contributed by atoms with Crippen LogP contribution in [0.1, 0.15) is 70.6 Å². The quantitative estimate of drug-likeness (QED) is 0.205. The molecule has 2 fully saturated rings. The summed E-state index contributed by atoms with van der Waals surface area (Å²) in [6.45, 7) is 2.25. The van der Waals surface area contributed by atoms with Crippen molar-refractivity contribution in [1.29, 1.82) is 0 Å². The van der Waals surface area contributed by atoms with Crippen molar-refractivity contribution in [3.8, 4) is 0 Å². The van der Waals surface area contributed by atoms with E-state index in [0.29, 0.717) is 25.1 Å². The Morgan fingerprint density at radius 1 is 1.00 bits per heavy atom. The predicted octanol–water partition coefficient (Wildman–Crippen LogP) is 2.96. The zero-order chi connectivity index (χ0) is 17.7. The summed E-state index contributed by atoms with van der Waals surface area (Å²) in [6, 6.07) is 0.397. The molecule has 2 rings (SSSR count). The second-order valence-electron chi connectivity index (χ2n) is 7.21. The number of nitrogens with one attached hydrogen (secondary N) is 3. The summed E-state index contributed by atoms with van der Waals surface area (Å²) in [5.41, 5.74) is 0. The zero-order valence-corrected chi connectivity index (χ0v) is 18.6. The van der Waals surface area contributed by atoms with E-state index in [0.717, 1.165) is 38.4 Å². The number of hydrogen-bond acceptors (Lipinski definition) is 3. The summed E-state index contributed by atoms with van der Waals surface area (Å²) in [6.07, 6.45) is 13.1.